The first-order chi connectivity index (χ1) is 8.35. The van der Waals surface area contributed by atoms with Crippen LogP contribution in [0, 0.1) is 11.3 Å². The molecule has 0 spiro atoms. The van der Waals surface area contributed by atoms with E-state index in [1.54, 1.807) is 19.0 Å². The van der Waals surface area contributed by atoms with Gasteiger partial charge in [0.2, 0.25) is 11.8 Å². The average Bonchev–Trinajstić information content (AvgIpc) is 3.14. The third-order valence-corrected chi connectivity index (χ3v) is 3.82. The summed E-state index contributed by atoms with van der Waals surface area (Å²) in [6.45, 7) is 4.75. The van der Waals surface area contributed by atoms with Gasteiger partial charge in [0.1, 0.15) is 5.41 Å². The Morgan fingerprint density at radius 2 is 1.94 bits per heavy atom. The minimum atomic E-state index is -0.786. The molecule has 5 heteroatoms. The van der Waals surface area contributed by atoms with Gasteiger partial charge in [-0.2, -0.15) is 0 Å². The van der Waals surface area contributed by atoms with Crippen molar-refractivity contribution >= 4 is 11.8 Å². The van der Waals surface area contributed by atoms with E-state index in [0.717, 1.165) is 6.42 Å². The van der Waals surface area contributed by atoms with Crippen molar-refractivity contribution in [3.63, 3.8) is 0 Å². The first kappa shape index (κ1) is 15.0. The number of carbonyl (C=O) groups excluding carboxylic acids is 2. The molecule has 0 aromatic rings. The average molecular weight is 255 g/mol. The van der Waals surface area contributed by atoms with E-state index < -0.39 is 5.41 Å². The standard InChI is InChI=1S/C13H25N3O2/c1-9(2)10(14)5-8-16(4)12(18)13(6-7-13)11(17)15-3/h9-10H,5-8,14H2,1-4H3,(H,15,17). The molecule has 0 aromatic carbocycles. The molecule has 3 N–H and O–H groups in total. The van der Waals surface area contributed by atoms with Crippen LogP contribution in [0.2, 0.25) is 0 Å². The number of hydrogen-bond acceptors (Lipinski definition) is 3. The van der Waals surface area contributed by atoms with E-state index in [1.165, 1.54) is 0 Å². The van der Waals surface area contributed by atoms with Crippen LogP contribution in [0.1, 0.15) is 33.1 Å². The second kappa shape index (κ2) is 5.69. The zero-order valence-corrected chi connectivity index (χ0v) is 11.8. The number of nitrogens with one attached hydrogen (secondary N) is 1. The summed E-state index contributed by atoms with van der Waals surface area (Å²) in [6, 6.07) is 0.0930. The second-order valence-electron chi connectivity index (χ2n) is 5.58. The molecule has 0 heterocycles. The molecular formula is C13H25N3O2. The third-order valence-electron chi connectivity index (χ3n) is 3.82. The Morgan fingerprint density at radius 3 is 2.33 bits per heavy atom. The summed E-state index contributed by atoms with van der Waals surface area (Å²) in [6.07, 6.45) is 2.09. The van der Waals surface area contributed by atoms with Gasteiger partial charge in [-0.25, -0.2) is 0 Å². The van der Waals surface area contributed by atoms with E-state index in [-0.39, 0.29) is 17.9 Å². The van der Waals surface area contributed by atoms with Gasteiger partial charge in [-0.3, -0.25) is 9.59 Å². The molecule has 5 nitrogen and oxygen atoms in total. The van der Waals surface area contributed by atoms with Gasteiger partial charge < -0.3 is 16.0 Å². The highest BCUT2D eigenvalue weighted by Gasteiger charge is 2.57. The number of amides is 2. The van der Waals surface area contributed by atoms with Crippen LogP contribution in [0.5, 0.6) is 0 Å². The first-order valence-electron chi connectivity index (χ1n) is 6.58. The molecule has 1 fully saturated rings. The Balaban J connectivity index is 2.50. The van der Waals surface area contributed by atoms with Crippen molar-refractivity contribution < 1.29 is 9.59 Å². The van der Waals surface area contributed by atoms with Crippen LogP contribution in [0.15, 0.2) is 0 Å². The summed E-state index contributed by atoms with van der Waals surface area (Å²) < 4.78 is 0. The summed E-state index contributed by atoms with van der Waals surface area (Å²) in [5.41, 5.74) is 5.17. The zero-order valence-electron chi connectivity index (χ0n) is 11.8. The lowest BCUT2D eigenvalue weighted by Crippen LogP contribution is -2.44. The van der Waals surface area contributed by atoms with Gasteiger partial charge in [0, 0.05) is 26.7 Å². The SMILES string of the molecule is CNC(=O)C1(C(=O)N(C)CCC(N)C(C)C)CC1. The van der Waals surface area contributed by atoms with Crippen LogP contribution in [0.25, 0.3) is 0 Å². The molecule has 1 saturated carbocycles. The molecular weight excluding hydrogens is 230 g/mol. The molecule has 2 amide bonds. The summed E-state index contributed by atoms with van der Waals surface area (Å²) in [5.74, 6) is 0.174. The third kappa shape index (κ3) is 3.02. The Bertz CT molecular complexity index is 324. The lowest BCUT2D eigenvalue weighted by Gasteiger charge is -2.24. The molecule has 0 bridgehead atoms. The van der Waals surface area contributed by atoms with Gasteiger partial charge in [-0.1, -0.05) is 13.8 Å². The molecule has 0 radical (unpaired) electrons. The van der Waals surface area contributed by atoms with Crippen LogP contribution in [-0.2, 0) is 9.59 Å². The van der Waals surface area contributed by atoms with E-state index in [0.29, 0.717) is 25.3 Å². The summed E-state index contributed by atoms with van der Waals surface area (Å²) >= 11 is 0. The number of carbonyl (C=O) groups is 2. The van der Waals surface area contributed by atoms with Crippen LogP contribution >= 0.6 is 0 Å². The molecule has 104 valence electrons. The molecule has 1 aliphatic carbocycles. The number of nitrogens with zero attached hydrogens (tertiary/aromatic N) is 1. The van der Waals surface area contributed by atoms with Gasteiger partial charge in [0.25, 0.3) is 0 Å². The summed E-state index contributed by atoms with van der Waals surface area (Å²) in [5, 5.41) is 2.58. The molecule has 0 aromatic heterocycles. The molecule has 1 aliphatic rings. The quantitative estimate of drug-likeness (QED) is 0.672. The molecule has 0 saturated heterocycles. The van der Waals surface area contributed by atoms with Crippen molar-refractivity contribution in [3.8, 4) is 0 Å². The van der Waals surface area contributed by atoms with E-state index in [1.807, 2.05) is 0 Å². The number of hydrogen-bond donors (Lipinski definition) is 2. The minimum absolute atomic E-state index is 0.0715. The molecule has 1 atom stereocenters. The smallest absolute Gasteiger partial charge is 0.238 e. The predicted molar refractivity (Wildman–Crippen MR) is 70.8 cm³/mol. The Kier molecular flexibility index (Phi) is 4.73. The van der Waals surface area contributed by atoms with Gasteiger partial charge >= 0.3 is 0 Å². The Hall–Kier alpha value is -1.10. The zero-order chi connectivity index (χ0) is 13.9. The second-order valence-corrected chi connectivity index (χ2v) is 5.58. The van der Waals surface area contributed by atoms with Crippen molar-refractivity contribution in [2.24, 2.45) is 17.1 Å². The van der Waals surface area contributed by atoms with Gasteiger partial charge in [0.15, 0.2) is 0 Å². The highest BCUT2D eigenvalue weighted by molar-refractivity contribution is 6.07. The van der Waals surface area contributed by atoms with Crippen LogP contribution in [0.4, 0.5) is 0 Å². The Labute approximate surface area is 109 Å². The predicted octanol–water partition coefficient (Wildman–Crippen LogP) is 0.344. The fraction of sp³-hybridized carbons (Fsp3) is 0.846. The van der Waals surface area contributed by atoms with Crippen molar-refractivity contribution in [3.05, 3.63) is 0 Å². The largest absolute Gasteiger partial charge is 0.358 e. The van der Waals surface area contributed by atoms with E-state index >= 15 is 0 Å². The minimum Gasteiger partial charge on any atom is -0.358 e. The van der Waals surface area contributed by atoms with Crippen LogP contribution in [0.3, 0.4) is 0 Å². The topological polar surface area (TPSA) is 75.4 Å². The maximum Gasteiger partial charge on any atom is 0.238 e. The van der Waals surface area contributed by atoms with Gasteiger partial charge in [0.05, 0.1) is 0 Å². The fourth-order valence-corrected chi connectivity index (χ4v) is 2.05. The maximum absolute atomic E-state index is 12.2. The number of nitrogens with two attached hydrogens (primary N) is 1. The van der Waals surface area contributed by atoms with Crippen molar-refractivity contribution in [2.75, 3.05) is 20.6 Å². The normalized spacial score (nSPS) is 18.3. The molecule has 0 aliphatic heterocycles. The van der Waals surface area contributed by atoms with E-state index in [9.17, 15) is 9.59 Å². The molecule has 1 unspecified atom stereocenters. The van der Waals surface area contributed by atoms with Crippen molar-refractivity contribution in [1.82, 2.24) is 10.2 Å². The van der Waals surface area contributed by atoms with Gasteiger partial charge in [-0.05, 0) is 25.2 Å². The van der Waals surface area contributed by atoms with Crippen molar-refractivity contribution in [2.45, 2.75) is 39.2 Å². The van der Waals surface area contributed by atoms with E-state index in [4.69, 9.17) is 5.73 Å². The van der Waals surface area contributed by atoms with Gasteiger partial charge in [-0.15, -0.1) is 0 Å². The highest BCUT2D eigenvalue weighted by atomic mass is 16.2. The summed E-state index contributed by atoms with van der Waals surface area (Å²) in [4.78, 5) is 25.6. The monoisotopic (exact) mass is 255 g/mol. The lowest BCUT2D eigenvalue weighted by atomic mass is 10.0. The number of rotatable bonds is 6. The van der Waals surface area contributed by atoms with Crippen molar-refractivity contribution in [1.29, 1.82) is 0 Å². The Morgan fingerprint density at radius 1 is 1.39 bits per heavy atom. The first-order valence-corrected chi connectivity index (χ1v) is 6.58. The maximum atomic E-state index is 12.2. The van der Waals surface area contributed by atoms with E-state index in [2.05, 4.69) is 19.2 Å². The fourth-order valence-electron chi connectivity index (χ4n) is 2.05. The van der Waals surface area contributed by atoms with Crippen LogP contribution in [-0.4, -0.2) is 43.4 Å². The highest BCUT2D eigenvalue weighted by Crippen LogP contribution is 2.47. The summed E-state index contributed by atoms with van der Waals surface area (Å²) in [7, 11) is 3.32. The lowest BCUT2D eigenvalue weighted by molar-refractivity contribution is -0.143. The molecule has 1 rings (SSSR count). The molecule has 18 heavy (non-hydrogen) atoms. The van der Waals surface area contributed by atoms with Crippen LogP contribution < -0.4 is 11.1 Å².